The minimum Gasteiger partial charge on any atom is -0.454 e. The minimum atomic E-state index is -0.357. The third-order valence-corrected chi connectivity index (χ3v) is 5.75. The molecule has 9 heteroatoms. The molecule has 3 amide bonds. The Balaban J connectivity index is 1.62. The SMILES string of the molecule is CSC(C)C(=O)NCCN1C(=O)S/C(=C\c2ccc3c(c2)OCO3)C1=O. The van der Waals surface area contributed by atoms with Crippen LogP contribution >= 0.6 is 23.5 Å². The molecule has 2 aliphatic rings. The maximum atomic E-state index is 12.5. The van der Waals surface area contributed by atoms with Crippen molar-refractivity contribution in [1.82, 2.24) is 10.2 Å². The second-order valence-electron chi connectivity index (χ2n) is 5.62. The van der Waals surface area contributed by atoms with Gasteiger partial charge in [0.15, 0.2) is 11.5 Å². The topological polar surface area (TPSA) is 84.9 Å². The Labute approximate surface area is 159 Å². The van der Waals surface area contributed by atoms with E-state index in [1.807, 2.05) is 6.26 Å². The summed E-state index contributed by atoms with van der Waals surface area (Å²) in [5.74, 6) is 0.805. The van der Waals surface area contributed by atoms with E-state index in [1.165, 1.54) is 11.8 Å². The Hall–Kier alpha value is -2.13. The Morgan fingerprint density at radius 1 is 1.38 bits per heavy atom. The van der Waals surface area contributed by atoms with Gasteiger partial charge in [-0.3, -0.25) is 19.3 Å². The van der Waals surface area contributed by atoms with Crippen molar-refractivity contribution in [2.75, 3.05) is 26.1 Å². The molecule has 3 rings (SSSR count). The number of carbonyl (C=O) groups is 3. The number of amides is 3. The molecule has 138 valence electrons. The molecule has 1 atom stereocenters. The molecule has 0 spiro atoms. The number of imide groups is 1. The van der Waals surface area contributed by atoms with Crippen LogP contribution in [0.2, 0.25) is 0 Å². The highest BCUT2D eigenvalue weighted by Gasteiger charge is 2.34. The standard InChI is InChI=1S/C17H18N2O5S2/c1-10(25-2)15(20)18-5-6-19-16(21)14(26-17(19)22)8-11-3-4-12-13(7-11)24-9-23-12/h3-4,7-8,10H,5-6,9H2,1-2H3,(H,18,20)/b14-8-. The van der Waals surface area contributed by atoms with Gasteiger partial charge >= 0.3 is 0 Å². The van der Waals surface area contributed by atoms with Crippen molar-refractivity contribution >= 4 is 46.7 Å². The normalized spacial score (nSPS) is 18.5. The summed E-state index contributed by atoms with van der Waals surface area (Å²) < 4.78 is 10.6. The van der Waals surface area contributed by atoms with Gasteiger partial charge < -0.3 is 14.8 Å². The van der Waals surface area contributed by atoms with Gasteiger partial charge in [-0.1, -0.05) is 6.07 Å². The second-order valence-corrected chi connectivity index (χ2v) is 7.79. The van der Waals surface area contributed by atoms with Crippen molar-refractivity contribution in [2.45, 2.75) is 12.2 Å². The van der Waals surface area contributed by atoms with Gasteiger partial charge in [0.25, 0.3) is 11.1 Å². The quantitative estimate of drug-likeness (QED) is 0.741. The summed E-state index contributed by atoms with van der Waals surface area (Å²) in [6.45, 7) is 2.36. The summed E-state index contributed by atoms with van der Waals surface area (Å²) in [7, 11) is 0. The predicted octanol–water partition coefficient (Wildman–Crippen LogP) is 2.32. The third-order valence-electron chi connectivity index (χ3n) is 3.93. The van der Waals surface area contributed by atoms with Crippen LogP contribution in [0.4, 0.5) is 4.79 Å². The number of hydrogen-bond donors (Lipinski definition) is 1. The third kappa shape index (κ3) is 3.99. The zero-order chi connectivity index (χ0) is 18.7. The molecule has 1 aromatic carbocycles. The first-order chi connectivity index (χ1) is 12.5. The summed E-state index contributed by atoms with van der Waals surface area (Å²) in [5, 5.41) is 2.22. The average Bonchev–Trinajstić information content (AvgIpc) is 3.20. The Kier molecular flexibility index (Phi) is 5.77. The van der Waals surface area contributed by atoms with E-state index in [0.29, 0.717) is 16.4 Å². The fraction of sp³-hybridized carbons (Fsp3) is 0.353. The van der Waals surface area contributed by atoms with Crippen LogP contribution in [0.5, 0.6) is 11.5 Å². The lowest BCUT2D eigenvalue weighted by atomic mass is 10.2. The van der Waals surface area contributed by atoms with E-state index < -0.39 is 0 Å². The highest BCUT2D eigenvalue weighted by molar-refractivity contribution is 8.18. The van der Waals surface area contributed by atoms with Gasteiger partial charge in [-0.15, -0.1) is 0 Å². The fourth-order valence-corrected chi connectivity index (χ4v) is 3.55. The molecule has 26 heavy (non-hydrogen) atoms. The van der Waals surface area contributed by atoms with E-state index in [1.54, 1.807) is 31.2 Å². The monoisotopic (exact) mass is 394 g/mol. The summed E-state index contributed by atoms with van der Waals surface area (Å²) in [5.41, 5.74) is 0.752. The summed E-state index contributed by atoms with van der Waals surface area (Å²) in [4.78, 5) is 37.8. The van der Waals surface area contributed by atoms with Crippen LogP contribution in [0.15, 0.2) is 23.1 Å². The van der Waals surface area contributed by atoms with Crippen LogP contribution in [0.25, 0.3) is 6.08 Å². The highest BCUT2D eigenvalue weighted by Crippen LogP contribution is 2.36. The molecule has 1 N–H and O–H groups in total. The van der Waals surface area contributed by atoms with Gasteiger partial charge in [0.1, 0.15) is 0 Å². The van der Waals surface area contributed by atoms with E-state index in [9.17, 15) is 14.4 Å². The van der Waals surface area contributed by atoms with Crippen molar-refractivity contribution in [3.05, 3.63) is 28.7 Å². The molecule has 2 heterocycles. The van der Waals surface area contributed by atoms with E-state index in [0.717, 1.165) is 22.2 Å². The lowest BCUT2D eigenvalue weighted by Gasteiger charge is -2.14. The molecule has 0 bridgehead atoms. The zero-order valence-electron chi connectivity index (χ0n) is 14.3. The highest BCUT2D eigenvalue weighted by atomic mass is 32.2. The molecule has 0 saturated carbocycles. The Morgan fingerprint density at radius 3 is 2.92 bits per heavy atom. The molecular formula is C17H18N2O5S2. The average molecular weight is 394 g/mol. The van der Waals surface area contributed by atoms with Crippen LogP contribution in [-0.4, -0.2) is 53.3 Å². The number of carbonyl (C=O) groups excluding carboxylic acids is 3. The number of nitrogens with one attached hydrogen (secondary N) is 1. The van der Waals surface area contributed by atoms with E-state index in [4.69, 9.17) is 9.47 Å². The summed E-state index contributed by atoms with van der Waals surface area (Å²) >= 11 is 2.32. The lowest BCUT2D eigenvalue weighted by molar-refractivity contribution is -0.124. The molecule has 0 aromatic heterocycles. The molecule has 1 fully saturated rings. The van der Waals surface area contributed by atoms with Crippen molar-refractivity contribution in [1.29, 1.82) is 0 Å². The van der Waals surface area contributed by atoms with Gasteiger partial charge in [-0.25, -0.2) is 0 Å². The van der Waals surface area contributed by atoms with E-state index in [2.05, 4.69) is 5.32 Å². The summed E-state index contributed by atoms with van der Waals surface area (Å²) in [6, 6.07) is 5.33. The molecule has 2 aliphatic heterocycles. The van der Waals surface area contributed by atoms with Crippen molar-refractivity contribution < 1.29 is 23.9 Å². The minimum absolute atomic E-state index is 0.111. The first kappa shape index (κ1) is 18.7. The smallest absolute Gasteiger partial charge is 0.293 e. The van der Waals surface area contributed by atoms with Crippen molar-refractivity contribution in [3.8, 4) is 11.5 Å². The van der Waals surface area contributed by atoms with Gasteiger partial charge in [-0.2, -0.15) is 11.8 Å². The molecule has 0 aliphatic carbocycles. The zero-order valence-corrected chi connectivity index (χ0v) is 15.9. The Morgan fingerprint density at radius 2 is 2.15 bits per heavy atom. The van der Waals surface area contributed by atoms with E-state index >= 15 is 0 Å². The number of ether oxygens (including phenoxy) is 2. The number of thioether (sulfide) groups is 2. The maximum Gasteiger partial charge on any atom is 0.293 e. The van der Waals surface area contributed by atoms with Crippen molar-refractivity contribution in [2.24, 2.45) is 0 Å². The van der Waals surface area contributed by atoms with Crippen LogP contribution in [-0.2, 0) is 9.59 Å². The molecule has 0 radical (unpaired) electrons. The van der Waals surface area contributed by atoms with Gasteiger partial charge in [-0.05, 0) is 48.7 Å². The second kappa shape index (κ2) is 8.05. The maximum absolute atomic E-state index is 12.5. The number of hydrogen-bond acceptors (Lipinski definition) is 7. The Bertz CT molecular complexity index is 780. The van der Waals surface area contributed by atoms with Gasteiger partial charge in [0.05, 0.1) is 10.2 Å². The number of benzene rings is 1. The molecular weight excluding hydrogens is 376 g/mol. The number of rotatable bonds is 6. The molecule has 1 aromatic rings. The fourth-order valence-electron chi connectivity index (χ4n) is 2.39. The van der Waals surface area contributed by atoms with E-state index in [-0.39, 0.29) is 42.2 Å². The molecule has 7 nitrogen and oxygen atoms in total. The van der Waals surface area contributed by atoms with Crippen LogP contribution in [0.3, 0.4) is 0 Å². The molecule has 1 unspecified atom stereocenters. The lowest BCUT2D eigenvalue weighted by Crippen LogP contribution is -2.39. The van der Waals surface area contributed by atoms with Crippen LogP contribution in [0, 0.1) is 0 Å². The van der Waals surface area contributed by atoms with Gasteiger partial charge in [0, 0.05) is 13.1 Å². The van der Waals surface area contributed by atoms with Gasteiger partial charge in [0.2, 0.25) is 12.7 Å². The first-order valence-corrected chi connectivity index (χ1v) is 10.1. The largest absolute Gasteiger partial charge is 0.454 e. The van der Waals surface area contributed by atoms with Crippen LogP contribution in [0.1, 0.15) is 12.5 Å². The molecule has 1 saturated heterocycles. The number of nitrogens with zero attached hydrogens (tertiary/aromatic N) is 1. The van der Waals surface area contributed by atoms with Crippen LogP contribution < -0.4 is 14.8 Å². The van der Waals surface area contributed by atoms with Crippen molar-refractivity contribution in [3.63, 3.8) is 0 Å². The predicted molar refractivity (Wildman–Crippen MR) is 101 cm³/mol. The number of fused-ring (bicyclic) bond motifs is 1. The summed E-state index contributed by atoms with van der Waals surface area (Å²) in [6.07, 6.45) is 3.50. The first-order valence-electron chi connectivity index (χ1n) is 7.95.